The summed E-state index contributed by atoms with van der Waals surface area (Å²) >= 11 is 2.13. The van der Waals surface area contributed by atoms with Gasteiger partial charge in [-0.05, 0) is 35.2 Å². The highest BCUT2D eigenvalue weighted by Crippen LogP contribution is 2.47. The van der Waals surface area contributed by atoms with Crippen molar-refractivity contribution in [3.63, 3.8) is 0 Å². The molecule has 0 radical (unpaired) electrons. The zero-order valence-electron chi connectivity index (χ0n) is 4.70. The van der Waals surface area contributed by atoms with Gasteiger partial charge in [-0.25, -0.2) is 0 Å². The Morgan fingerprint density at radius 2 is 1.89 bits per heavy atom. The molecule has 0 aromatic rings. The number of rotatable bonds is 1. The highest BCUT2D eigenvalue weighted by Gasteiger charge is 2.54. The monoisotopic (exact) mass is 200 g/mol. The molecular weight excluding hydrogens is 194 g/mol. The van der Waals surface area contributed by atoms with Gasteiger partial charge < -0.3 is 5.11 Å². The summed E-state index contributed by atoms with van der Waals surface area (Å²) < 4.78 is 24.4. The Morgan fingerprint density at radius 3 is 1.89 bits per heavy atom. The summed E-state index contributed by atoms with van der Waals surface area (Å²) in [4.78, 5) is -3.10. The van der Waals surface area contributed by atoms with Crippen LogP contribution in [0.25, 0.3) is 0 Å². The third kappa shape index (κ3) is 1.10. The number of halogens is 3. The van der Waals surface area contributed by atoms with Crippen molar-refractivity contribution in [2.75, 3.05) is 0 Å². The number of alkyl halides is 3. The first-order chi connectivity index (χ1) is 3.96. The quantitative estimate of drug-likeness (QED) is 0.642. The average Bonchev–Trinajstić information content (AvgIpc) is 1.57. The second kappa shape index (κ2) is 1.89. The lowest BCUT2D eigenvalue weighted by Gasteiger charge is -2.39. The van der Waals surface area contributed by atoms with Crippen LogP contribution in [-0.2, 0) is 0 Å². The van der Waals surface area contributed by atoms with E-state index >= 15 is 0 Å². The van der Waals surface area contributed by atoms with Crippen LogP contribution in [0.3, 0.4) is 0 Å². The van der Waals surface area contributed by atoms with E-state index in [1.807, 2.05) is 0 Å². The Bertz CT molecular complexity index is 117. The summed E-state index contributed by atoms with van der Waals surface area (Å²) in [6.45, 7) is 0. The van der Waals surface area contributed by atoms with Crippen molar-refractivity contribution >= 4 is 15.9 Å². The van der Waals surface area contributed by atoms with Crippen molar-refractivity contribution in [1.29, 1.82) is 0 Å². The summed E-state index contributed by atoms with van der Waals surface area (Å²) in [5.41, 5.74) is -1.76. The first kappa shape index (κ1) is 7.41. The molecule has 1 N–H and O–H groups in total. The SMILES string of the molecule is OC1(C(F)(F)Br)CCC1. The molecule has 1 saturated carbocycles. The Morgan fingerprint density at radius 1 is 1.44 bits per heavy atom. The lowest BCUT2D eigenvalue weighted by molar-refractivity contribution is -0.159. The molecule has 4 heteroatoms. The minimum Gasteiger partial charge on any atom is -0.383 e. The second-order valence-corrected chi connectivity index (χ2v) is 3.38. The van der Waals surface area contributed by atoms with Gasteiger partial charge in [-0.1, -0.05) is 0 Å². The van der Waals surface area contributed by atoms with Crippen LogP contribution < -0.4 is 0 Å². The summed E-state index contributed by atoms with van der Waals surface area (Å²) in [6, 6.07) is 0. The van der Waals surface area contributed by atoms with Crippen LogP contribution in [0.4, 0.5) is 8.78 Å². The van der Waals surface area contributed by atoms with Crippen molar-refractivity contribution in [2.24, 2.45) is 0 Å². The molecule has 0 aliphatic heterocycles. The van der Waals surface area contributed by atoms with E-state index in [0.717, 1.165) is 0 Å². The van der Waals surface area contributed by atoms with Crippen LogP contribution in [-0.4, -0.2) is 15.5 Å². The molecule has 1 rings (SSSR count). The molecule has 0 saturated heterocycles. The van der Waals surface area contributed by atoms with Gasteiger partial charge in [0.05, 0.1) is 0 Å². The van der Waals surface area contributed by atoms with Crippen molar-refractivity contribution < 1.29 is 13.9 Å². The lowest BCUT2D eigenvalue weighted by atomic mass is 9.81. The normalized spacial score (nSPS) is 25.3. The van der Waals surface area contributed by atoms with Gasteiger partial charge in [0.15, 0.2) is 0 Å². The molecule has 0 amide bonds. The first-order valence-electron chi connectivity index (χ1n) is 2.75. The molecule has 0 aromatic heterocycles. The molecule has 0 bridgehead atoms. The Hall–Kier alpha value is 0.300. The minimum atomic E-state index is -3.10. The standard InChI is InChI=1S/C5H7BrF2O/c6-5(7,8)4(9)2-1-3-4/h9H,1-3H2. The Kier molecular flexibility index (Phi) is 1.56. The molecule has 0 heterocycles. The highest BCUT2D eigenvalue weighted by molar-refractivity contribution is 9.10. The maximum atomic E-state index is 12.2. The van der Waals surface area contributed by atoms with E-state index in [9.17, 15) is 8.78 Å². The van der Waals surface area contributed by atoms with Crippen LogP contribution in [0.1, 0.15) is 19.3 Å². The molecule has 1 nitrogen and oxygen atoms in total. The van der Waals surface area contributed by atoms with Crippen molar-refractivity contribution in [1.82, 2.24) is 0 Å². The highest BCUT2D eigenvalue weighted by atomic mass is 79.9. The van der Waals surface area contributed by atoms with E-state index in [2.05, 4.69) is 15.9 Å². The predicted molar refractivity (Wildman–Crippen MR) is 32.7 cm³/mol. The summed E-state index contributed by atoms with van der Waals surface area (Å²) in [7, 11) is 0. The smallest absolute Gasteiger partial charge is 0.329 e. The van der Waals surface area contributed by atoms with Gasteiger partial charge in [-0.15, -0.1) is 0 Å². The topological polar surface area (TPSA) is 20.2 Å². The molecular formula is C5H7BrF2O. The zero-order valence-corrected chi connectivity index (χ0v) is 6.29. The second-order valence-electron chi connectivity index (χ2n) is 2.38. The van der Waals surface area contributed by atoms with Gasteiger partial charge in [-0.2, -0.15) is 8.78 Å². The fourth-order valence-corrected chi connectivity index (χ4v) is 1.19. The van der Waals surface area contributed by atoms with Crippen molar-refractivity contribution in [3.05, 3.63) is 0 Å². The van der Waals surface area contributed by atoms with Gasteiger partial charge in [-0.3, -0.25) is 0 Å². The third-order valence-corrected chi connectivity index (χ3v) is 2.45. The van der Waals surface area contributed by atoms with Crippen molar-refractivity contribution in [3.8, 4) is 0 Å². The molecule has 1 fully saturated rings. The predicted octanol–water partition coefficient (Wildman–Crippen LogP) is 1.89. The van der Waals surface area contributed by atoms with E-state index in [1.165, 1.54) is 0 Å². The summed E-state index contributed by atoms with van der Waals surface area (Å²) in [5, 5.41) is 8.95. The first-order valence-corrected chi connectivity index (χ1v) is 3.54. The molecule has 9 heavy (non-hydrogen) atoms. The van der Waals surface area contributed by atoms with Gasteiger partial charge in [0, 0.05) is 0 Å². The third-order valence-electron chi connectivity index (χ3n) is 1.71. The summed E-state index contributed by atoms with van der Waals surface area (Å²) in [6.07, 6.45) is 1.09. The Balaban J connectivity index is 2.59. The maximum Gasteiger partial charge on any atom is 0.329 e. The van der Waals surface area contributed by atoms with E-state index in [1.54, 1.807) is 0 Å². The van der Waals surface area contributed by atoms with E-state index in [-0.39, 0.29) is 12.8 Å². The number of hydrogen-bond donors (Lipinski definition) is 1. The lowest BCUT2D eigenvalue weighted by Crippen LogP contribution is -2.49. The van der Waals surface area contributed by atoms with E-state index in [0.29, 0.717) is 6.42 Å². The van der Waals surface area contributed by atoms with E-state index in [4.69, 9.17) is 5.11 Å². The van der Waals surface area contributed by atoms with Gasteiger partial charge in [0.1, 0.15) is 5.60 Å². The van der Waals surface area contributed by atoms with E-state index < -0.39 is 10.4 Å². The maximum absolute atomic E-state index is 12.2. The zero-order chi connectivity index (χ0) is 7.12. The molecule has 0 spiro atoms. The van der Waals surface area contributed by atoms with Gasteiger partial charge in [0.25, 0.3) is 0 Å². The molecule has 0 atom stereocenters. The molecule has 54 valence electrons. The molecule has 0 unspecified atom stereocenters. The molecule has 1 aliphatic rings. The van der Waals surface area contributed by atoms with Crippen LogP contribution in [0.5, 0.6) is 0 Å². The largest absolute Gasteiger partial charge is 0.383 e. The molecule has 1 aliphatic carbocycles. The average molecular weight is 201 g/mol. The van der Waals surface area contributed by atoms with Gasteiger partial charge >= 0.3 is 4.83 Å². The number of hydrogen-bond acceptors (Lipinski definition) is 1. The Labute approximate surface area is 60.2 Å². The van der Waals surface area contributed by atoms with Crippen LogP contribution in [0, 0.1) is 0 Å². The molecule has 0 aromatic carbocycles. The van der Waals surface area contributed by atoms with Gasteiger partial charge in [0.2, 0.25) is 0 Å². The summed E-state index contributed by atoms with van der Waals surface area (Å²) in [5.74, 6) is 0. The fraction of sp³-hybridized carbons (Fsp3) is 1.00. The minimum absolute atomic E-state index is 0.200. The number of aliphatic hydroxyl groups is 1. The van der Waals surface area contributed by atoms with Crippen LogP contribution in [0.2, 0.25) is 0 Å². The van der Waals surface area contributed by atoms with Crippen LogP contribution in [0.15, 0.2) is 0 Å². The fourth-order valence-electron chi connectivity index (χ4n) is 0.795. The van der Waals surface area contributed by atoms with Crippen molar-refractivity contribution in [2.45, 2.75) is 29.7 Å². The van der Waals surface area contributed by atoms with Crippen LogP contribution >= 0.6 is 15.9 Å².